The lowest BCUT2D eigenvalue weighted by Crippen LogP contribution is -2.52. The van der Waals surface area contributed by atoms with E-state index in [-0.39, 0.29) is 11.9 Å². The minimum Gasteiger partial charge on any atom is -0.337 e. The van der Waals surface area contributed by atoms with Crippen molar-refractivity contribution >= 4 is 17.5 Å². The van der Waals surface area contributed by atoms with Crippen LogP contribution in [-0.4, -0.2) is 36.5 Å². The predicted octanol–water partition coefficient (Wildman–Crippen LogP) is 1.70. The number of halogens is 1. The lowest BCUT2D eigenvalue weighted by atomic mass is 10.1. The lowest BCUT2D eigenvalue weighted by Gasteiger charge is -2.34. The van der Waals surface area contributed by atoms with Crippen LogP contribution < -0.4 is 5.32 Å². The van der Waals surface area contributed by atoms with Crippen molar-refractivity contribution in [3.63, 3.8) is 0 Å². The summed E-state index contributed by atoms with van der Waals surface area (Å²) in [5.74, 6) is 0.159. The molecule has 1 atom stereocenters. The molecule has 0 saturated carbocycles. The van der Waals surface area contributed by atoms with Crippen molar-refractivity contribution in [2.24, 2.45) is 0 Å². The van der Waals surface area contributed by atoms with Gasteiger partial charge < -0.3 is 10.2 Å². The molecule has 92 valence electrons. The van der Waals surface area contributed by atoms with Crippen molar-refractivity contribution in [2.75, 3.05) is 19.6 Å². The molecule has 1 N–H and O–H groups in total. The van der Waals surface area contributed by atoms with Gasteiger partial charge in [-0.3, -0.25) is 4.79 Å². The van der Waals surface area contributed by atoms with Gasteiger partial charge >= 0.3 is 0 Å². The number of nitrogens with one attached hydrogen (secondary N) is 1. The standard InChI is InChI=1S/C13H17ClN2O/c1-10-9-15-6-7-16(10)13(17)8-11-4-2-3-5-12(11)14/h2-5,10,15H,6-9H2,1H3/t10-/m0/s1. The highest BCUT2D eigenvalue weighted by molar-refractivity contribution is 6.31. The Hall–Kier alpha value is -1.06. The first kappa shape index (κ1) is 12.4. The first-order valence-electron chi connectivity index (χ1n) is 5.92. The van der Waals surface area contributed by atoms with Crippen LogP contribution in [0.3, 0.4) is 0 Å². The van der Waals surface area contributed by atoms with E-state index in [2.05, 4.69) is 12.2 Å². The van der Waals surface area contributed by atoms with E-state index in [1.165, 1.54) is 0 Å². The van der Waals surface area contributed by atoms with Gasteiger partial charge in [0.25, 0.3) is 0 Å². The van der Waals surface area contributed by atoms with Crippen LogP contribution in [-0.2, 0) is 11.2 Å². The molecule has 1 heterocycles. The lowest BCUT2D eigenvalue weighted by molar-refractivity contribution is -0.133. The van der Waals surface area contributed by atoms with Gasteiger partial charge in [0.2, 0.25) is 5.91 Å². The smallest absolute Gasteiger partial charge is 0.227 e. The van der Waals surface area contributed by atoms with Crippen molar-refractivity contribution in [3.8, 4) is 0 Å². The minimum atomic E-state index is 0.159. The molecule has 1 aromatic carbocycles. The molecule has 4 heteroatoms. The van der Waals surface area contributed by atoms with Gasteiger partial charge in [0, 0.05) is 30.7 Å². The number of carbonyl (C=O) groups is 1. The molecule has 0 spiro atoms. The molecule has 1 amide bonds. The van der Waals surface area contributed by atoms with E-state index in [1.54, 1.807) is 0 Å². The highest BCUT2D eigenvalue weighted by atomic mass is 35.5. The van der Waals surface area contributed by atoms with E-state index in [0.717, 1.165) is 25.2 Å². The number of rotatable bonds is 2. The van der Waals surface area contributed by atoms with E-state index in [1.807, 2.05) is 29.2 Å². The fourth-order valence-electron chi connectivity index (χ4n) is 2.12. The van der Waals surface area contributed by atoms with Gasteiger partial charge in [-0.1, -0.05) is 29.8 Å². The van der Waals surface area contributed by atoms with Gasteiger partial charge in [-0.05, 0) is 18.6 Å². The molecule has 0 radical (unpaired) electrons. The average molecular weight is 253 g/mol. The van der Waals surface area contributed by atoms with Gasteiger partial charge in [0.1, 0.15) is 0 Å². The maximum Gasteiger partial charge on any atom is 0.227 e. The third kappa shape index (κ3) is 2.99. The van der Waals surface area contributed by atoms with E-state index in [4.69, 9.17) is 11.6 Å². The summed E-state index contributed by atoms with van der Waals surface area (Å²) in [6.45, 7) is 4.59. The quantitative estimate of drug-likeness (QED) is 0.869. The van der Waals surface area contributed by atoms with E-state index >= 15 is 0 Å². The Morgan fingerprint density at radius 2 is 2.29 bits per heavy atom. The number of hydrogen-bond donors (Lipinski definition) is 1. The summed E-state index contributed by atoms with van der Waals surface area (Å²) in [4.78, 5) is 14.1. The van der Waals surface area contributed by atoms with Gasteiger partial charge in [-0.25, -0.2) is 0 Å². The topological polar surface area (TPSA) is 32.3 Å². The number of nitrogens with zero attached hydrogens (tertiary/aromatic N) is 1. The summed E-state index contributed by atoms with van der Waals surface area (Å²) in [5, 5.41) is 3.94. The number of piperazine rings is 1. The summed E-state index contributed by atoms with van der Waals surface area (Å²) in [6, 6.07) is 7.79. The second kappa shape index (κ2) is 5.52. The molecule has 0 aromatic heterocycles. The highest BCUT2D eigenvalue weighted by Gasteiger charge is 2.23. The number of benzene rings is 1. The summed E-state index contributed by atoms with van der Waals surface area (Å²) < 4.78 is 0. The van der Waals surface area contributed by atoms with Gasteiger partial charge in [0.15, 0.2) is 0 Å². The van der Waals surface area contributed by atoms with Crippen LogP contribution in [0.2, 0.25) is 5.02 Å². The molecular weight excluding hydrogens is 236 g/mol. The molecule has 0 bridgehead atoms. The largest absolute Gasteiger partial charge is 0.337 e. The van der Waals surface area contributed by atoms with Crippen LogP contribution in [0.15, 0.2) is 24.3 Å². The summed E-state index contributed by atoms with van der Waals surface area (Å²) in [5.41, 5.74) is 0.907. The summed E-state index contributed by atoms with van der Waals surface area (Å²) >= 11 is 6.06. The van der Waals surface area contributed by atoms with Gasteiger partial charge in [0.05, 0.1) is 6.42 Å². The van der Waals surface area contributed by atoms with E-state index < -0.39 is 0 Å². The molecule has 0 aliphatic carbocycles. The van der Waals surface area contributed by atoms with Crippen molar-refractivity contribution in [1.29, 1.82) is 0 Å². The maximum atomic E-state index is 12.2. The van der Waals surface area contributed by atoms with Crippen LogP contribution in [0.4, 0.5) is 0 Å². The Bertz CT molecular complexity index is 408. The maximum absolute atomic E-state index is 12.2. The third-order valence-corrected chi connectivity index (χ3v) is 3.49. The molecule has 17 heavy (non-hydrogen) atoms. The molecular formula is C13H17ClN2O. The molecule has 1 aromatic rings. The fraction of sp³-hybridized carbons (Fsp3) is 0.462. The minimum absolute atomic E-state index is 0.159. The van der Waals surface area contributed by atoms with Gasteiger partial charge in [-0.15, -0.1) is 0 Å². The second-order valence-corrected chi connectivity index (χ2v) is 4.82. The summed E-state index contributed by atoms with van der Waals surface area (Å²) in [7, 11) is 0. The van der Waals surface area contributed by atoms with Gasteiger partial charge in [-0.2, -0.15) is 0 Å². The van der Waals surface area contributed by atoms with E-state index in [9.17, 15) is 4.79 Å². The number of carbonyl (C=O) groups excluding carboxylic acids is 1. The average Bonchev–Trinajstić information content (AvgIpc) is 2.32. The van der Waals surface area contributed by atoms with Crippen LogP contribution in [0.5, 0.6) is 0 Å². The molecule has 1 aliphatic heterocycles. The Balaban J connectivity index is 2.03. The molecule has 1 aliphatic rings. The zero-order valence-electron chi connectivity index (χ0n) is 9.95. The van der Waals surface area contributed by atoms with Crippen molar-refractivity contribution in [2.45, 2.75) is 19.4 Å². The number of hydrogen-bond acceptors (Lipinski definition) is 2. The number of amides is 1. The Morgan fingerprint density at radius 1 is 1.53 bits per heavy atom. The molecule has 2 rings (SSSR count). The van der Waals surface area contributed by atoms with Crippen LogP contribution in [0.1, 0.15) is 12.5 Å². The van der Waals surface area contributed by atoms with Crippen LogP contribution in [0.25, 0.3) is 0 Å². The Morgan fingerprint density at radius 3 is 3.00 bits per heavy atom. The first-order valence-corrected chi connectivity index (χ1v) is 6.30. The van der Waals surface area contributed by atoms with Crippen molar-refractivity contribution in [1.82, 2.24) is 10.2 Å². The normalized spacial score (nSPS) is 20.4. The van der Waals surface area contributed by atoms with Crippen molar-refractivity contribution in [3.05, 3.63) is 34.9 Å². The second-order valence-electron chi connectivity index (χ2n) is 4.41. The van der Waals surface area contributed by atoms with Crippen LogP contribution in [0, 0.1) is 0 Å². The first-order chi connectivity index (χ1) is 8.18. The molecule has 0 unspecified atom stereocenters. The van der Waals surface area contributed by atoms with Crippen LogP contribution >= 0.6 is 11.6 Å². The monoisotopic (exact) mass is 252 g/mol. The Kier molecular flexibility index (Phi) is 4.02. The summed E-state index contributed by atoms with van der Waals surface area (Å²) in [6.07, 6.45) is 0.393. The Labute approximate surface area is 107 Å². The van der Waals surface area contributed by atoms with Crippen molar-refractivity contribution < 1.29 is 4.79 Å². The molecule has 1 fully saturated rings. The zero-order chi connectivity index (χ0) is 12.3. The third-order valence-electron chi connectivity index (χ3n) is 3.12. The fourth-order valence-corrected chi connectivity index (χ4v) is 2.32. The predicted molar refractivity (Wildman–Crippen MR) is 69.2 cm³/mol. The molecule has 3 nitrogen and oxygen atoms in total. The molecule has 1 saturated heterocycles. The van der Waals surface area contributed by atoms with E-state index in [0.29, 0.717) is 11.4 Å². The zero-order valence-corrected chi connectivity index (χ0v) is 10.7. The highest BCUT2D eigenvalue weighted by Crippen LogP contribution is 2.17. The SMILES string of the molecule is C[C@H]1CNCCN1C(=O)Cc1ccccc1Cl.